The summed E-state index contributed by atoms with van der Waals surface area (Å²) in [5.41, 5.74) is -3.16. The Balaban J connectivity index is 0.00000176. The molecule has 1 aliphatic rings. The number of hydrogen-bond acceptors (Lipinski definition) is 0. The third-order valence-corrected chi connectivity index (χ3v) is 6.63. The fourth-order valence-corrected chi connectivity index (χ4v) is 5.50. The van der Waals surface area contributed by atoms with Crippen LogP contribution in [0.1, 0.15) is 61.8 Å². The summed E-state index contributed by atoms with van der Waals surface area (Å²) < 4.78 is 41.4. The molecule has 0 amide bonds. The highest BCUT2D eigenvalue weighted by Gasteiger charge is 2.49. The molecule has 3 rings (SSSR count). The second kappa shape index (κ2) is 6.52. The Kier molecular flexibility index (Phi) is 5.27. The molecular weight excluding hydrogens is 373 g/mol. The molecule has 2 aromatic rings. The number of fused-ring (bicyclic) bond motifs is 1. The summed E-state index contributed by atoms with van der Waals surface area (Å²) in [5, 5.41) is 0.780. The molecule has 0 radical (unpaired) electrons. The van der Waals surface area contributed by atoms with Crippen LogP contribution in [-0.2, 0) is 5.51 Å². The van der Waals surface area contributed by atoms with Gasteiger partial charge in [-0.2, -0.15) is 0 Å². The molecule has 0 aliphatic heterocycles. The molecule has 0 saturated heterocycles. The molecule has 0 bridgehead atoms. The second-order valence-corrected chi connectivity index (χ2v) is 8.22. The predicted molar refractivity (Wildman–Crippen MR) is 83.0 cm³/mol. The molecule has 0 nitrogen and oxygen atoms in total. The van der Waals surface area contributed by atoms with E-state index in [4.69, 9.17) is 0 Å². The van der Waals surface area contributed by atoms with E-state index in [9.17, 15) is 13.2 Å². The van der Waals surface area contributed by atoms with Gasteiger partial charge in [-0.15, -0.1) is 13.2 Å². The molecule has 1 fully saturated rings. The fourth-order valence-electron chi connectivity index (χ4n) is 3.30. The zero-order valence-electron chi connectivity index (χ0n) is 12.7. The minimum Gasteiger partial charge on any atom is -1.00 e. The van der Waals surface area contributed by atoms with Crippen LogP contribution in [0.2, 0.25) is 0 Å². The molecule has 5 heteroatoms. The van der Waals surface area contributed by atoms with Crippen molar-refractivity contribution in [2.24, 2.45) is 0 Å². The summed E-state index contributed by atoms with van der Waals surface area (Å²) in [5.74, 6) is 0.384. The van der Waals surface area contributed by atoms with Crippen molar-refractivity contribution in [2.45, 2.75) is 56.9 Å². The van der Waals surface area contributed by atoms with Crippen LogP contribution in [0.5, 0.6) is 0 Å². The summed E-state index contributed by atoms with van der Waals surface area (Å²) in [6.07, 6.45) is 3.95. The Bertz CT molecular complexity index is 652. The minimum atomic E-state index is -4.16. The molecular formula is C17H20BrF3S. The molecule has 22 heavy (non-hydrogen) atoms. The average Bonchev–Trinajstić information content (AvgIpc) is 3.03. The molecule has 1 unspecified atom stereocenters. The summed E-state index contributed by atoms with van der Waals surface area (Å²) in [7, 11) is -1.71. The van der Waals surface area contributed by atoms with E-state index in [-0.39, 0.29) is 28.8 Å². The third kappa shape index (κ3) is 3.21. The van der Waals surface area contributed by atoms with Gasteiger partial charge in [0.1, 0.15) is 0 Å². The lowest BCUT2D eigenvalue weighted by Crippen LogP contribution is -3.00. The first kappa shape index (κ1) is 17.8. The fraction of sp³-hybridized carbons (Fsp3) is 0.529. The first-order valence-corrected chi connectivity index (χ1v) is 8.77. The van der Waals surface area contributed by atoms with Crippen LogP contribution in [0, 0.1) is 0 Å². The molecule has 0 spiro atoms. The van der Waals surface area contributed by atoms with Crippen LogP contribution in [-0.4, -0.2) is 0 Å². The highest BCUT2D eigenvalue weighted by atomic mass is 79.9. The zero-order chi connectivity index (χ0) is 15.2. The van der Waals surface area contributed by atoms with E-state index >= 15 is 0 Å². The van der Waals surface area contributed by atoms with Gasteiger partial charge in [0.05, 0.1) is 10.5 Å². The molecule has 1 aromatic heterocycles. The maximum absolute atomic E-state index is 13.6. The van der Waals surface area contributed by atoms with E-state index in [1.807, 2.05) is 32.0 Å². The Labute approximate surface area is 142 Å². The third-order valence-electron chi connectivity index (χ3n) is 4.45. The first-order chi connectivity index (χ1) is 9.88. The van der Waals surface area contributed by atoms with Gasteiger partial charge in [0.25, 0.3) is 0 Å². The standard InChI is InChI=1S/C17H20F3S.BrH/c1-11(2)13-7-8-14-10-15(12-5-3-4-6-12)21(16(14)9-13)17(18,19)20;/h7-12H,3-6H2,1-2H3;1H/q+1;/p-1. The molecule has 0 N–H and O–H groups in total. The quantitative estimate of drug-likeness (QED) is 0.680. The van der Waals surface area contributed by atoms with Crippen molar-refractivity contribution >= 4 is 20.6 Å². The van der Waals surface area contributed by atoms with Gasteiger partial charge in [0, 0.05) is 23.4 Å². The monoisotopic (exact) mass is 392 g/mol. The van der Waals surface area contributed by atoms with Crippen LogP contribution >= 0.6 is 10.5 Å². The Hall–Kier alpha value is -0.550. The topological polar surface area (TPSA) is 0 Å². The van der Waals surface area contributed by atoms with E-state index in [1.54, 1.807) is 6.07 Å². The van der Waals surface area contributed by atoms with Crippen LogP contribution in [0.4, 0.5) is 13.2 Å². The van der Waals surface area contributed by atoms with E-state index in [2.05, 4.69) is 0 Å². The van der Waals surface area contributed by atoms with Gasteiger partial charge >= 0.3 is 5.51 Å². The molecule has 1 atom stereocenters. The molecule has 1 aliphatic carbocycles. The van der Waals surface area contributed by atoms with E-state index in [0.29, 0.717) is 9.58 Å². The number of alkyl halides is 3. The van der Waals surface area contributed by atoms with Gasteiger partial charge in [-0.3, -0.25) is 0 Å². The molecule has 122 valence electrons. The van der Waals surface area contributed by atoms with Crippen molar-refractivity contribution in [3.05, 3.63) is 34.7 Å². The number of hydrogen-bond donors (Lipinski definition) is 0. The Morgan fingerprint density at radius 2 is 1.73 bits per heavy atom. The average molecular weight is 393 g/mol. The molecule has 1 aromatic carbocycles. The maximum atomic E-state index is 13.6. The molecule has 1 heterocycles. The van der Waals surface area contributed by atoms with Crippen molar-refractivity contribution in [2.75, 3.05) is 0 Å². The van der Waals surface area contributed by atoms with Gasteiger partial charge in [-0.1, -0.05) is 32.8 Å². The summed E-state index contributed by atoms with van der Waals surface area (Å²) in [6, 6.07) is 7.45. The summed E-state index contributed by atoms with van der Waals surface area (Å²) in [4.78, 5) is 0.635. The SMILES string of the molecule is CC(C)c1ccc2cc(C3CCCC3)[s+](C(F)(F)F)c2c1.[Br-]. The predicted octanol–water partition coefficient (Wildman–Crippen LogP) is 3.85. The van der Waals surface area contributed by atoms with Crippen molar-refractivity contribution < 1.29 is 30.2 Å². The number of rotatable bonds is 2. The first-order valence-electron chi connectivity index (χ1n) is 7.54. The van der Waals surface area contributed by atoms with Crippen molar-refractivity contribution in [1.29, 1.82) is 0 Å². The van der Waals surface area contributed by atoms with Gasteiger partial charge in [-0.05, 0) is 30.4 Å². The highest BCUT2D eigenvalue weighted by molar-refractivity contribution is 7.38. The van der Waals surface area contributed by atoms with Crippen LogP contribution in [0.15, 0.2) is 24.3 Å². The van der Waals surface area contributed by atoms with Gasteiger partial charge in [0.2, 0.25) is 0 Å². The second-order valence-electron chi connectivity index (χ2n) is 6.23. The number of benzene rings is 1. The molecule has 1 saturated carbocycles. The van der Waals surface area contributed by atoms with Crippen LogP contribution in [0.25, 0.3) is 10.1 Å². The van der Waals surface area contributed by atoms with Gasteiger partial charge in [0.15, 0.2) is 9.58 Å². The maximum Gasteiger partial charge on any atom is 0.600 e. The Morgan fingerprint density at radius 1 is 1.09 bits per heavy atom. The normalized spacial score (nSPS) is 17.3. The lowest BCUT2D eigenvalue weighted by atomic mass is 10.0. The summed E-state index contributed by atoms with van der Waals surface area (Å²) >= 11 is 0. The highest BCUT2D eigenvalue weighted by Crippen LogP contribution is 2.55. The van der Waals surface area contributed by atoms with Crippen molar-refractivity contribution in [3.63, 3.8) is 0 Å². The van der Waals surface area contributed by atoms with Crippen molar-refractivity contribution in [1.82, 2.24) is 0 Å². The Morgan fingerprint density at radius 3 is 2.27 bits per heavy atom. The van der Waals surface area contributed by atoms with Crippen LogP contribution in [0.3, 0.4) is 0 Å². The number of thiophene rings is 1. The van der Waals surface area contributed by atoms with Gasteiger partial charge in [-0.25, -0.2) is 0 Å². The van der Waals surface area contributed by atoms with E-state index in [0.717, 1.165) is 36.6 Å². The van der Waals surface area contributed by atoms with Crippen molar-refractivity contribution in [3.8, 4) is 0 Å². The van der Waals surface area contributed by atoms with Gasteiger partial charge < -0.3 is 17.0 Å². The smallest absolute Gasteiger partial charge is 0.600 e. The summed E-state index contributed by atoms with van der Waals surface area (Å²) in [6.45, 7) is 4.04. The lowest BCUT2D eigenvalue weighted by molar-refractivity contribution is -0.0868. The van der Waals surface area contributed by atoms with E-state index in [1.165, 1.54) is 0 Å². The minimum absolute atomic E-state index is 0. The van der Waals surface area contributed by atoms with Crippen LogP contribution < -0.4 is 17.0 Å². The largest absolute Gasteiger partial charge is 1.00 e. The van der Waals surface area contributed by atoms with E-state index < -0.39 is 16.0 Å². The number of halogens is 4. The zero-order valence-corrected chi connectivity index (χ0v) is 15.1. The lowest BCUT2D eigenvalue weighted by Gasteiger charge is -2.06.